The lowest BCUT2D eigenvalue weighted by Gasteiger charge is -2.28. The van der Waals surface area contributed by atoms with Crippen molar-refractivity contribution in [3.8, 4) is 5.75 Å². The van der Waals surface area contributed by atoms with Gasteiger partial charge < -0.3 is 15.2 Å². The van der Waals surface area contributed by atoms with Gasteiger partial charge in [0.2, 0.25) is 0 Å². The number of carbonyl (C=O) groups excluding carboxylic acids is 1. The molecule has 0 radical (unpaired) electrons. The summed E-state index contributed by atoms with van der Waals surface area (Å²) < 4.78 is 5.13. The normalized spacial score (nSPS) is 13.8. The predicted octanol–water partition coefficient (Wildman–Crippen LogP) is 2.33. The minimum absolute atomic E-state index is 0.0377. The highest BCUT2D eigenvalue weighted by molar-refractivity contribution is 5.71. The summed E-state index contributed by atoms with van der Waals surface area (Å²) in [5, 5.41) is 11.7. The smallest absolute Gasteiger partial charge is 0.410 e. The molecule has 0 aliphatic rings. The molecule has 1 rings (SSSR count). The fraction of sp³-hybridized carbons (Fsp3) is 0.462. The molecule has 0 saturated heterocycles. The van der Waals surface area contributed by atoms with Crippen molar-refractivity contribution < 1.29 is 14.6 Å². The fourth-order valence-electron chi connectivity index (χ4n) is 1.44. The van der Waals surface area contributed by atoms with Crippen LogP contribution in [0.2, 0.25) is 0 Å². The summed E-state index contributed by atoms with van der Waals surface area (Å²) in [4.78, 5) is 11.6. The highest BCUT2D eigenvalue weighted by atomic mass is 16.6. The lowest BCUT2D eigenvalue weighted by atomic mass is 9.95. The predicted molar refractivity (Wildman–Crippen MR) is 66.0 cm³/mol. The number of aliphatic hydroxyl groups excluding tert-OH is 1. The van der Waals surface area contributed by atoms with E-state index in [0.29, 0.717) is 12.2 Å². The topological polar surface area (TPSA) is 58.6 Å². The number of carbonyl (C=O) groups is 1. The van der Waals surface area contributed by atoms with Gasteiger partial charge in [0.15, 0.2) is 0 Å². The van der Waals surface area contributed by atoms with Crippen LogP contribution in [0.3, 0.4) is 0 Å². The van der Waals surface area contributed by atoms with E-state index in [0.717, 1.165) is 6.42 Å². The van der Waals surface area contributed by atoms with Gasteiger partial charge in [-0.15, -0.1) is 0 Å². The monoisotopic (exact) mass is 237 g/mol. The van der Waals surface area contributed by atoms with Crippen molar-refractivity contribution in [1.29, 1.82) is 0 Å². The zero-order valence-corrected chi connectivity index (χ0v) is 10.3. The maximum absolute atomic E-state index is 11.6. The van der Waals surface area contributed by atoms with Gasteiger partial charge in [-0.25, -0.2) is 4.79 Å². The second kappa shape index (κ2) is 6.25. The molecule has 1 aromatic carbocycles. The molecule has 17 heavy (non-hydrogen) atoms. The van der Waals surface area contributed by atoms with Gasteiger partial charge in [0.05, 0.1) is 0 Å². The summed E-state index contributed by atoms with van der Waals surface area (Å²) in [6, 6.07) is 8.89. The fourth-order valence-corrected chi connectivity index (χ4v) is 1.44. The molecule has 0 fully saturated rings. The third kappa shape index (κ3) is 4.44. The van der Waals surface area contributed by atoms with E-state index in [4.69, 9.17) is 9.84 Å². The van der Waals surface area contributed by atoms with Gasteiger partial charge in [-0.2, -0.15) is 0 Å². The maximum atomic E-state index is 11.6. The van der Waals surface area contributed by atoms with Crippen LogP contribution >= 0.6 is 0 Å². The summed E-state index contributed by atoms with van der Waals surface area (Å²) in [5.74, 6) is 0.507. The number of hydrogen-bond donors (Lipinski definition) is 2. The number of ether oxygens (including phenoxy) is 1. The Morgan fingerprint density at radius 2 is 2.06 bits per heavy atom. The average Bonchev–Trinajstić information content (AvgIpc) is 2.30. The van der Waals surface area contributed by atoms with E-state index in [9.17, 15) is 4.79 Å². The van der Waals surface area contributed by atoms with Crippen molar-refractivity contribution in [2.75, 3.05) is 6.61 Å². The second-order valence-electron chi connectivity index (χ2n) is 4.22. The summed E-state index contributed by atoms with van der Waals surface area (Å²) in [6.07, 6.45) is 0.749. The molecule has 4 nitrogen and oxygen atoms in total. The first-order valence-electron chi connectivity index (χ1n) is 5.75. The molecule has 0 bridgehead atoms. The third-order valence-electron chi connectivity index (χ3n) is 2.80. The molecule has 1 aromatic rings. The Morgan fingerprint density at radius 3 is 2.59 bits per heavy atom. The number of aliphatic hydroxyl groups is 1. The Bertz CT molecular complexity index is 353. The molecule has 0 aliphatic heterocycles. The van der Waals surface area contributed by atoms with E-state index in [1.807, 2.05) is 19.9 Å². The van der Waals surface area contributed by atoms with E-state index in [2.05, 4.69) is 5.32 Å². The molecule has 1 amide bonds. The molecule has 1 unspecified atom stereocenters. The number of nitrogens with one attached hydrogen (secondary N) is 1. The van der Waals surface area contributed by atoms with Crippen molar-refractivity contribution in [3.05, 3.63) is 30.3 Å². The Morgan fingerprint density at radius 1 is 1.41 bits per heavy atom. The van der Waals surface area contributed by atoms with Crippen LogP contribution in [-0.2, 0) is 0 Å². The van der Waals surface area contributed by atoms with Crippen LogP contribution in [0.5, 0.6) is 5.75 Å². The molecule has 0 aromatic heterocycles. The number of hydrogen-bond acceptors (Lipinski definition) is 3. The van der Waals surface area contributed by atoms with Crippen LogP contribution in [-0.4, -0.2) is 23.3 Å². The minimum atomic E-state index is -0.492. The molecule has 0 spiro atoms. The Balaban J connectivity index is 2.54. The molecular formula is C13H19NO3. The lowest BCUT2D eigenvalue weighted by Crippen LogP contribution is -2.47. The van der Waals surface area contributed by atoms with Gasteiger partial charge in [-0.1, -0.05) is 25.1 Å². The zero-order valence-electron chi connectivity index (χ0n) is 10.3. The van der Waals surface area contributed by atoms with Gasteiger partial charge in [0, 0.05) is 12.1 Å². The minimum Gasteiger partial charge on any atom is -0.410 e. The van der Waals surface area contributed by atoms with Gasteiger partial charge in [-0.05, 0) is 31.9 Å². The van der Waals surface area contributed by atoms with Crippen molar-refractivity contribution >= 4 is 6.09 Å². The standard InChI is InChI=1S/C13H19NO3/c1-3-13(2,9-10-15)14-12(16)17-11-7-5-4-6-8-11/h4-8,15H,3,9-10H2,1-2H3,(H,14,16). The average molecular weight is 237 g/mol. The molecule has 4 heteroatoms. The molecular weight excluding hydrogens is 218 g/mol. The van der Waals surface area contributed by atoms with Crippen LogP contribution in [0.4, 0.5) is 4.79 Å². The first-order valence-corrected chi connectivity index (χ1v) is 5.75. The number of para-hydroxylation sites is 1. The quantitative estimate of drug-likeness (QED) is 0.826. The summed E-state index contributed by atoms with van der Waals surface area (Å²) >= 11 is 0. The number of amides is 1. The molecule has 2 N–H and O–H groups in total. The number of benzene rings is 1. The van der Waals surface area contributed by atoms with Gasteiger partial charge in [-0.3, -0.25) is 0 Å². The van der Waals surface area contributed by atoms with Crippen molar-refractivity contribution in [2.24, 2.45) is 0 Å². The van der Waals surface area contributed by atoms with E-state index in [-0.39, 0.29) is 6.61 Å². The molecule has 1 atom stereocenters. The van der Waals surface area contributed by atoms with Crippen molar-refractivity contribution in [2.45, 2.75) is 32.2 Å². The zero-order chi connectivity index (χ0) is 12.7. The maximum Gasteiger partial charge on any atom is 0.413 e. The number of rotatable bonds is 5. The SMILES string of the molecule is CCC(C)(CCO)NC(=O)Oc1ccccc1. The van der Waals surface area contributed by atoms with Crippen LogP contribution in [0.15, 0.2) is 30.3 Å². The third-order valence-corrected chi connectivity index (χ3v) is 2.80. The molecule has 94 valence electrons. The van der Waals surface area contributed by atoms with E-state index in [1.54, 1.807) is 24.3 Å². The van der Waals surface area contributed by atoms with Gasteiger partial charge >= 0.3 is 6.09 Å². The molecule has 0 aliphatic carbocycles. The second-order valence-corrected chi connectivity index (χ2v) is 4.22. The Hall–Kier alpha value is -1.55. The van der Waals surface area contributed by atoms with Crippen molar-refractivity contribution in [1.82, 2.24) is 5.32 Å². The van der Waals surface area contributed by atoms with Gasteiger partial charge in [0.25, 0.3) is 0 Å². The largest absolute Gasteiger partial charge is 0.413 e. The Labute approximate surface area is 102 Å². The van der Waals surface area contributed by atoms with E-state index < -0.39 is 11.6 Å². The van der Waals surface area contributed by atoms with Crippen molar-refractivity contribution in [3.63, 3.8) is 0 Å². The highest BCUT2D eigenvalue weighted by Gasteiger charge is 2.24. The van der Waals surface area contributed by atoms with Crippen LogP contribution in [0, 0.1) is 0 Å². The summed E-state index contributed by atoms with van der Waals surface area (Å²) in [5.41, 5.74) is -0.430. The van der Waals surface area contributed by atoms with Crippen LogP contribution in [0.25, 0.3) is 0 Å². The summed E-state index contributed by atoms with van der Waals surface area (Å²) in [7, 11) is 0. The Kier molecular flexibility index (Phi) is 4.97. The van der Waals surface area contributed by atoms with Crippen LogP contribution < -0.4 is 10.1 Å². The van der Waals surface area contributed by atoms with E-state index >= 15 is 0 Å². The van der Waals surface area contributed by atoms with Gasteiger partial charge in [0.1, 0.15) is 5.75 Å². The molecule has 0 saturated carbocycles. The van der Waals surface area contributed by atoms with Crippen LogP contribution in [0.1, 0.15) is 26.7 Å². The first kappa shape index (κ1) is 13.5. The lowest BCUT2D eigenvalue weighted by molar-refractivity contribution is 0.171. The molecule has 0 heterocycles. The highest BCUT2D eigenvalue weighted by Crippen LogP contribution is 2.15. The summed E-state index contributed by atoms with van der Waals surface area (Å²) in [6.45, 7) is 3.88. The van der Waals surface area contributed by atoms with E-state index in [1.165, 1.54) is 0 Å². The first-order chi connectivity index (χ1) is 8.09.